The Morgan fingerprint density at radius 3 is 2.95 bits per heavy atom. The highest BCUT2D eigenvalue weighted by atomic mass is 79.9. The van der Waals surface area contributed by atoms with Crippen molar-refractivity contribution in [2.24, 2.45) is 0 Å². The zero-order chi connectivity index (χ0) is 13.8. The summed E-state index contributed by atoms with van der Waals surface area (Å²) in [6.45, 7) is 0.296. The van der Waals surface area contributed by atoms with E-state index in [0.717, 1.165) is 5.56 Å². The molecule has 1 aromatic carbocycles. The van der Waals surface area contributed by atoms with Crippen LogP contribution in [0, 0.1) is 10.1 Å². The van der Waals surface area contributed by atoms with Gasteiger partial charge in [-0.1, -0.05) is 0 Å². The molecule has 0 aliphatic heterocycles. The number of nitro benzene ring substituents is 1. The molecule has 1 aromatic heterocycles. The number of aromatic amines is 1. The van der Waals surface area contributed by atoms with Crippen LogP contribution in [0.25, 0.3) is 0 Å². The standard InChI is InChI=1S/C11H9BrN4O3/c12-10-2-1-8(16(18)19)3-9(10)11(17)13-4-7-5-14-15-6-7/h1-3,5-6H,4H2,(H,13,17)(H,14,15). The molecule has 19 heavy (non-hydrogen) atoms. The zero-order valence-corrected chi connectivity index (χ0v) is 11.2. The first-order valence-electron chi connectivity index (χ1n) is 5.27. The summed E-state index contributed by atoms with van der Waals surface area (Å²) in [6.07, 6.45) is 3.24. The maximum Gasteiger partial charge on any atom is 0.270 e. The maximum absolute atomic E-state index is 11.9. The molecule has 0 saturated heterocycles. The van der Waals surface area contributed by atoms with E-state index < -0.39 is 10.8 Å². The van der Waals surface area contributed by atoms with Gasteiger partial charge in [0.05, 0.1) is 16.7 Å². The number of carbonyl (C=O) groups excluding carboxylic acids is 1. The minimum absolute atomic E-state index is 0.128. The quantitative estimate of drug-likeness (QED) is 0.663. The van der Waals surface area contributed by atoms with Crippen molar-refractivity contribution in [1.82, 2.24) is 15.5 Å². The Balaban J connectivity index is 2.14. The van der Waals surface area contributed by atoms with E-state index in [4.69, 9.17) is 0 Å². The summed E-state index contributed by atoms with van der Waals surface area (Å²) in [5, 5.41) is 19.7. The number of hydrogen-bond donors (Lipinski definition) is 2. The van der Waals surface area contributed by atoms with Crippen LogP contribution in [0.15, 0.2) is 35.1 Å². The predicted molar refractivity (Wildman–Crippen MR) is 70.6 cm³/mol. The van der Waals surface area contributed by atoms with Crippen molar-refractivity contribution >= 4 is 27.5 Å². The largest absolute Gasteiger partial charge is 0.348 e. The van der Waals surface area contributed by atoms with E-state index in [-0.39, 0.29) is 11.3 Å². The molecule has 0 bridgehead atoms. The molecule has 8 heteroatoms. The number of H-pyrrole nitrogens is 1. The Morgan fingerprint density at radius 1 is 1.53 bits per heavy atom. The van der Waals surface area contributed by atoms with Gasteiger partial charge in [-0.15, -0.1) is 0 Å². The Hall–Kier alpha value is -2.22. The van der Waals surface area contributed by atoms with Gasteiger partial charge in [0.15, 0.2) is 0 Å². The van der Waals surface area contributed by atoms with Gasteiger partial charge in [0, 0.05) is 34.9 Å². The summed E-state index contributed by atoms with van der Waals surface area (Å²) in [6, 6.07) is 4.04. The van der Waals surface area contributed by atoms with Crippen LogP contribution >= 0.6 is 15.9 Å². The van der Waals surface area contributed by atoms with E-state index in [1.807, 2.05) is 0 Å². The number of benzene rings is 1. The van der Waals surface area contributed by atoms with Gasteiger partial charge in [-0.2, -0.15) is 5.10 Å². The fraction of sp³-hybridized carbons (Fsp3) is 0.0909. The molecule has 1 heterocycles. The van der Waals surface area contributed by atoms with Crippen molar-refractivity contribution in [3.05, 3.63) is 56.3 Å². The smallest absolute Gasteiger partial charge is 0.270 e. The second-order valence-electron chi connectivity index (χ2n) is 3.71. The molecule has 2 aromatic rings. The van der Waals surface area contributed by atoms with Crippen molar-refractivity contribution in [2.45, 2.75) is 6.54 Å². The fourth-order valence-corrected chi connectivity index (χ4v) is 1.88. The number of carbonyl (C=O) groups is 1. The Labute approximate surface area is 116 Å². The van der Waals surface area contributed by atoms with E-state index in [9.17, 15) is 14.9 Å². The van der Waals surface area contributed by atoms with E-state index in [2.05, 4.69) is 31.4 Å². The third kappa shape index (κ3) is 3.16. The normalized spacial score (nSPS) is 10.2. The molecule has 0 aliphatic carbocycles. The molecule has 0 fully saturated rings. The average molecular weight is 325 g/mol. The summed E-state index contributed by atoms with van der Waals surface area (Å²) in [7, 11) is 0. The first kappa shape index (κ1) is 13.2. The van der Waals surface area contributed by atoms with Gasteiger partial charge >= 0.3 is 0 Å². The summed E-state index contributed by atoms with van der Waals surface area (Å²) in [5.41, 5.74) is 0.907. The predicted octanol–water partition coefficient (Wildman–Crippen LogP) is 2.01. The van der Waals surface area contributed by atoms with Crippen molar-refractivity contribution in [1.29, 1.82) is 0 Å². The Bertz CT molecular complexity index is 612. The minimum Gasteiger partial charge on any atom is -0.348 e. The summed E-state index contributed by atoms with van der Waals surface area (Å²) < 4.78 is 0.503. The molecule has 2 rings (SSSR count). The van der Waals surface area contributed by atoms with Crippen LogP contribution in [0.4, 0.5) is 5.69 Å². The van der Waals surface area contributed by atoms with E-state index >= 15 is 0 Å². The van der Waals surface area contributed by atoms with Crippen LogP contribution < -0.4 is 5.32 Å². The van der Waals surface area contributed by atoms with Gasteiger partial charge in [0.2, 0.25) is 0 Å². The topological polar surface area (TPSA) is 101 Å². The molecular weight excluding hydrogens is 316 g/mol. The molecule has 2 N–H and O–H groups in total. The number of hydrogen-bond acceptors (Lipinski definition) is 4. The number of nitrogens with zero attached hydrogens (tertiary/aromatic N) is 2. The minimum atomic E-state index is -0.542. The van der Waals surface area contributed by atoms with E-state index in [0.29, 0.717) is 11.0 Å². The lowest BCUT2D eigenvalue weighted by Gasteiger charge is -2.05. The van der Waals surface area contributed by atoms with Crippen LogP contribution in [0.5, 0.6) is 0 Å². The van der Waals surface area contributed by atoms with Gasteiger partial charge in [0.25, 0.3) is 11.6 Å². The Morgan fingerprint density at radius 2 is 2.32 bits per heavy atom. The average Bonchev–Trinajstić information content (AvgIpc) is 2.89. The van der Waals surface area contributed by atoms with Crippen LogP contribution in [-0.2, 0) is 6.54 Å². The fourth-order valence-electron chi connectivity index (χ4n) is 1.45. The molecule has 0 saturated carbocycles. The highest BCUT2D eigenvalue weighted by molar-refractivity contribution is 9.10. The third-order valence-corrected chi connectivity index (χ3v) is 3.10. The molecule has 0 atom stereocenters. The number of non-ortho nitro benzene ring substituents is 1. The molecule has 0 unspecified atom stereocenters. The second kappa shape index (κ2) is 5.61. The number of aromatic nitrogens is 2. The molecule has 98 valence electrons. The number of nitrogens with one attached hydrogen (secondary N) is 2. The van der Waals surface area contributed by atoms with Crippen molar-refractivity contribution in [3.8, 4) is 0 Å². The van der Waals surface area contributed by atoms with Crippen LogP contribution in [0.3, 0.4) is 0 Å². The molecule has 0 radical (unpaired) electrons. The van der Waals surface area contributed by atoms with Gasteiger partial charge in [-0.3, -0.25) is 20.0 Å². The van der Waals surface area contributed by atoms with Gasteiger partial charge in [0.1, 0.15) is 0 Å². The number of halogens is 1. The summed E-state index contributed by atoms with van der Waals surface area (Å²) in [5.74, 6) is -0.392. The van der Waals surface area contributed by atoms with Crippen molar-refractivity contribution < 1.29 is 9.72 Å². The molecule has 0 spiro atoms. The lowest BCUT2D eigenvalue weighted by atomic mass is 10.2. The monoisotopic (exact) mass is 324 g/mol. The summed E-state index contributed by atoms with van der Waals surface area (Å²) >= 11 is 3.20. The number of rotatable bonds is 4. The highest BCUT2D eigenvalue weighted by Gasteiger charge is 2.15. The van der Waals surface area contributed by atoms with Gasteiger partial charge < -0.3 is 5.32 Å². The zero-order valence-electron chi connectivity index (χ0n) is 9.59. The molecular formula is C11H9BrN4O3. The number of nitro groups is 1. The highest BCUT2D eigenvalue weighted by Crippen LogP contribution is 2.22. The van der Waals surface area contributed by atoms with Crippen LogP contribution in [-0.4, -0.2) is 21.0 Å². The third-order valence-electron chi connectivity index (χ3n) is 2.41. The van der Waals surface area contributed by atoms with Crippen LogP contribution in [0.2, 0.25) is 0 Å². The van der Waals surface area contributed by atoms with Gasteiger partial charge in [-0.05, 0) is 22.0 Å². The van der Waals surface area contributed by atoms with Gasteiger partial charge in [-0.25, -0.2) is 0 Å². The Kier molecular flexibility index (Phi) is 3.91. The second-order valence-corrected chi connectivity index (χ2v) is 4.56. The first-order valence-corrected chi connectivity index (χ1v) is 6.07. The maximum atomic E-state index is 11.9. The SMILES string of the molecule is O=C(NCc1cn[nH]c1)c1cc([N+](=O)[O-])ccc1Br. The van der Waals surface area contributed by atoms with Crippen molar-refractivity contribution in [2.75, 3.05) is 0 Å². The van der Waals surface area contributed by atoms with E-state index in [1.54, 1.807) is 12.4 Å². The molecule has 1 amide bonds. The molecule has 0 aliphatic rings. The van der Waals surface area contributed by atoms with E-state index in [1.165, 1.54) is 18.2 Å². The first-order chi connectivity index (χ1) is 9.08. The number of amides is 1. The molecule has 7 nitrogen and oxygen atoms in total. The van der Waals surface area contributed by atoms with Crippen molar-refractivity contribution in [3.63, 3.8) is 0 Å². The lowest BCUT2D eigenvalue weighted by molar-refractivity contribution is -0.384. The summed E-state index contributed by atoms with van der Waals surface area (Å²) in [4.78, 5) is 22.1. The lowest BCUT2D eigenvalue weighted by Crippen LogP contribution is -2.23. The van der Waals surface area contributed by atoms with Crippen LogP contribution in [0.1, 0.15) is 15.9 Å².